The van der Waals surface area contributed by atoms with E-state index in [1.54, 1.807) is 7.11 Å². The topological polar surface area (TPSA) is 64.3 Å². The van der Waals surface area contributed by atoms with Gasteiger partial charge in [0.15, 0.2) is 0 Å². The molecule has 0 aromatic carbocycles. The lowest BCUT2D eigenvalue weighted by Gasteiger charge is -2.17. The highest BCUT2D eigenvalue weighted by molar-refractivity contribution is 5.37. The summed E-state index contributed by atoms with van der Waals surface area (Å²) in [6, 6.07) is 0. The Kier molecular flexibility index (Phi) is 3.78. The Morgan fingerprint density at radius 1 is 1.29 bits per heavy atom. The second-order valence-electron chi connectivity index (χ2n) is 4.36. The highest BCUT2D eigenvalue weighted by Gasteiger charge is 2.19. The smallest absolute Gasteiger partial charge is 0.223 e. The number of nitrogen functional groups attached to an aromatic ring is 1. The molecule has 0 saturated carbocycles. The minimum absolute atomic E-state index is 0.310. The van der Waals surface area contributed by atoms with Gasteiger partial charge in [-0.05, 0) is 19.4 Å². The Bertz CT molecular complexity index is 394. The third-order valence-electron chi connectivity index (χ3n) is 3.15. The van der Waals surface area contributed by atoms with Crippen molar-refractivity contribution in [2.45, 2.75) is 26.2 Å². The number of methoxy groups -OCH3 is 1. The molecule has 5 heteroatoms. The summed E-state index contributed by atoms with van der Waals surface area (Å²) in [5, 5.41) is 0. The Morgan fingerprint density at radius 2 is 2.06 bits per heavy atom. The van der Waals surface area contributed by atoms with Crippen molar-refractivity contribution >= 4 is 5.95 Å². The molecular weight excluding hydrogens is 216 g/mol. The molecule has 0 fully saturated rings. The van der Waals surface area contributed by atoms with Crippen LogP contribution in [0.1, 0.15) is 24.6 Å². The maximum absolute atomic E-state index is 5.69. The molecule has 1 aromatic rings. The Balaban J connectivity index is 2.24. The molecule has 1 aromatic heterocycles. The number of anilines is 1. The third kappa shape index (κ3) is 2.66. The maximum atomic E-state index is 5.69. The first-order valence-corrected chi connectivity index (χ1v) is 6.16. The van der Waals surface area contributed by atoms with Crippen LogP contribution >= 0.6 is 0 Å². The normalized spacial score (nSPS) is 16.4. The van der Waals surface area contributed by atoms with Crippen LogP contribution in [0.3, 0.4) is 0 Å². The highest BCUT2D eigenvalue weighted by Crippen LogP contribution is 2.23. The molecule has 0 amide bonds. The molecule has 2 N–H and O–H groups in total. The van der Waals surface area contributed by atoms with Crippen molar-refractivity contribution in [1.29, 1.82) is 0 Å². The van der Waals surface area contributed by atoms with Crippen molar-refractivity contribution in [1.82, 2.24) is 14.9 Å². The molecule has 94 valence electrons. The molecule has 17 heavy (non-hydrogen) atoms. The van der Waals surface area contributed by atoms with Crippen molar-refractivity contribution < 1.29 is 4.74 Å². The van der Waals surface area contributed by atoms with Crippen LogP contribution in [-0.4, -0.2) is 41.6 Å². The van der Waals surface area contributed by atoms with Crippen LogP contribution in [0.25, 0.3) is 0 Å². The summed E-state index contributed by atoms with van der Waals surface area (Å²) in [7, 11) is 1.64. The number of fused-ring (bicyclic) bond motifs is 1. The zero-order chi connectivity index (χ0) is 12.3. The van der Waals surface area contributed by atoms with Crippen LogP contribution in [0.4, 0.5) is 5.95 Å². The van der Waals surface area contributed by atoms with E-state index in [1.807, 2.05) is 0 Å². The summed E-state index contributed by atoms with van der Waals surface area (Å²) in [5.74, 6) is 0.954. The third-order valence-corrected chi connectivity index (χ3v) is 3.15. The molecule has 0 saturated heterocycles. The van der Waals surface area contributed by atoms with E-state index in [-0.39, 0.29) is 0 Å². The number of ether oxygens (including phenoxy) is 1. The number of hydrogen-bond donors (Lipinski definition) is 1. The van der Waals surface area contributed by atoms with E-state index >= 15 is 0 Å². The number of aromatic nitrogens is 2. The minimum Gasteiger partial charge on any atom is -0.481 e. The van der Waals surface area contributed by atoms with Crippen molar-refractivity contribution in [3.63, 3.8) is 0 Å². The summed E-state index contributed by atoms with van der Waals surface area (Å²) in [4.78, 5) is 10.9. The zero-order valence-corrected chi connectivity index (χ0v) is 10.6. The van der Waals surface area contributed by atoms with Crippen LogP contribution in [-0.2, 0) is 12.8 Å². The van der Waals surface area contributed by atoms with Gasteiger partial charge in [0.25, 0.3) is 0 Å². The van der Waals surface area contributed by atoms with Crippen LogP contribution in [0, 0.1) is 0 Å². The van der Waals surface area contributed by atoms with Crippen LogP contribution in [0.5, 0.6) is 5.88 Å². The Morgan fingerprint density at radius 3 is 2.76 bits per heavy atom. The zero-order valence-electron chi connectivity index (χ0n) is 10.6. The van der Waals surface area contributed by atoms with Crippen molar-refractivity contribution in [2.24, 2.45) is 0 Å². The number of hydrogen-bond acceptors (Lipinski definition) is 5. The predicted octanol–water partition coefficient (Wildman–Crippen LogP) is 0.878. The summed E-state index contributed by atoms with van der Waals surface area (Å²) in [6.07, 6.45) is 3.05. The van der Waals surface area contributed by atoms with Gasteiger partial charge in [0.2, 0.25) is 11.8 Å². The van der Waals surface area contributed by atoms with Gasteiger partial charge in [-0.15, -0.1) is 0 Å². The van der Waals surface area contributed by atoms with E-state index in [4.69, 9.17) is 10.5 Å². The van der Waals surface area contributed by atoms with Crippen molar-refractivity contribution in [3.8, 4) is 5.88 Å². The van der Waals surface area contributed by atoms with Crippen LogP contribution < -0.4 is 10.5 Å². The lowest BCUT2D eigenvalue weighted by Crippen LogP contribution is -2.27. The van der Waals surface area contributed by atoms with Crippen molar-refractivity contribution in [2.75, 3.05) is 32.5 Å². The standard InChI is InChI=1S/C12H20N4O/c1-3-6-16-7-4-9-10(5-8-16)14-12(13)15-11(9)17-2/h3-8H2,1-2H3,(H2,13,14,15). The van der Waals surface area contributed by atoms with Gasteiger partial charge in [0, 0.05) is 25.1 Å². The second kappa shape index (κ2) is 5.31. The maximum Gasteiger partial charge on any atom is 0.223 e. The van der Waals surface area contributed by atoms with E-state index in [9.17, 15) is 0 Å². The Labute approximate surface area is 102 Å². The average Bonchev–Trinajstić information content (AvgIpc) is 2.52. The molecule has 5 nitrogen and oxygen atoms in total. The van der Waals surface area contributed by atoms with Gasteiger partial charge in [-0.25, -0.2) is 4.98 Å². The SMILES string of the molecule is CCCN1CCc2nc(N)nc(OC)c2CC1. The quantitative estimate of drug-likeness (QED) is 0.844. The molecule has 1 aliphatic rings. The fourth-order valence-corrected chi connectivity index (χ4v) is 2.34. The van der Waals surface area contributed by atoms with Crippen LogP contribution in [0.15, 0.2) is 0 Å². The predicted molar refractivity (Wildman–Crippen MR) is 67.1 cm³/mol. The first-order chi connectivity index (χ1) is 8.24. The molecule has 1 aliphatic heterocycles. The van der Waals surface area contributed by atoms with Gasteiger partial charge in [0.1, 0.15) is 0 Å². The fraction of sp³-hybridized carbons (Fsp3) is 0.667. The average molecular weight is 236 g/mol. The van der Waals surface area contributed by atoms with E-state index in [2.05, 4.69) is 21.8 Å². The molecule has 0 spiro atoms. The van der Waals surface area contributed by atoms with Gasteiger partial charge in [-0.2, -0.15) is 4.98 Å². The number of rotatable bonds is 3. The number of nitrogens with two attached hydrogens (primary N) is 1. The Hall–Kier alpha value is -1.36. The molecule has 2 heterocycles. The largest absolute Gasteiger partial charge is 0.481 e. The van der Waals surface area contributed by atoms with E-state index in [0.29, 0.717) is 11.8 Å². The van der Waals surface area contributed by atoms with E-state index in [1.165, 1.54) is 6.42 Å². The van der Waals surface area contributed by atoms with Gasteiger partial charge in [0.05, 0.1) is 12.8 Å². The highest BCUT2D eigenvalue weighted by atomic mass is 16.5. The second-order valence-corrected chi connectivity index (χ2v) is 4.36. The summed E-state index contributed by atoms with van der Waals surface area (Å²) < 4.78 is 5.29. The van der Waals surface area contributed by atoms with Gasteiger partial charge >= 0.3 is 0 Å². The summed E-state index contributed by atoms with van der Waals surface area (Å²) in [6.45, 7) is 5.43. The molecule has 2 rings (SSSR count). The van der Waals surface area contributed by atoms with E-state index in [0.717, 1.165) is 43.7 Å². The lowest BCUT2D eigenvalue weighted by atomic mass is 10.1. The molecule has 0 radical (unpaired) electrons. The van der Waals surface area contributed by atoms with Gasteiger partial charge < -0.3 is 15.4 Å². The molecule has 0 unspecified atom stereocenters. The van der Waals surface area contributed by atoms with E-state index < -0.39 is 0 Å². The van der Waals surface area contributed by atoms with Crippen molar-refractivity contribution in [3.05, 3.63) is 11.3 Å². The molecular formula is C12H20N4O. The molecule has 0 bridgehead atoms. The minimum atomic E-state index is 0.310. The summed E-state index contributed by atoms with van der Waals surface area (Å²) >= 11 is 0. The van der Waals surface area contributed by atoms with Gasteiger partial charge in [-0.3, -0.25) is 0 Å². The summed E-state index contributed by atoms with van der Waals surface area (Å²) in [5.41, 5.74) is 7.86. The molecule has 0 atom stereocenters. The monoisotopic (exact) mass is 236 g/mol. The van der Waals surface area contributed by atoms with Gasteiger partial charge in [-0.1, -0.05) is 6.92 Å². The fourth-order valence-electron chi connectivity index (χ4n) is 2.34. The molecule has 0 aliphatic carbocycles. The first-order valence-electron chi connectivity index (χ1n) is 6.16. The lowest BCUT2D eigenvalue weighted by molar-refractivity contribution is 0.287. The number of nitrogens with zero attached hydrogens (tertiary/aromatic N) is 3. The van der Waals surface area contributed by atoms with Crippen LogP contribution in [0.2, 0.25) is 0 Å². The first kappa shape index (κ1) is 12.1.